The smallest absolute Gasteiger partial charge is 0.243 e. The lowest BCUT2D eigenvalue weighted by atomic mass is 10.0. The van der Waals surface area contributed by atoms with E-state index in [9.17, 15) is 18.0 Å². The first-order valence-corrected chi connectivity index (χ1v) is 17.4. The summed E-state index contributed by atoms with van der Waals surface area (Å²) in [5.41, 5.74) is 2.25. The summed E-state index contributed by atoms with van der Waals surface area (Å²) in [4.78, 5) is 29.3. The Labute approximate surface area is 268 Å². The average Bonchev–Trinajstić information content (AvgIpc) is 3.01. The molecule has 0 aromatic heterocycles. The van der Waals surface area contributed by atoms with Crippen molar-refractivity contribution < 1.29 is 27.5 Å². The molecule has 236 valence electrons. The first-order valence-electron chi connectivity index (χ1n) is 14.8. The third-order valence-electron chi connectivity index (χ3n) is 7.50. The molecule has 2 amide bonds. The molecule has 0 spiro atoms. The molecular formula is C33H40BrN3O6S. The average molecular weight is 687 g/mol. The van der Waals surface area contributed by atoms with Crippen LogP contribution in [0.15, 0.2) is 77.3 Å². The van der Waals surface area contributed by atoms with Crippen LogP contribution in [0.4, 0.5) is 5.69 Å². The van der Waals surface area contributed by atoms with E-state index < -0.39 is 16.1 Å². The van der Waals surface area contributed by atoms with Crippen LogP contribution >= 0.6 is 15.9 Å². The molecule has 0 saturated heterocycles. The molecule has 1 aliphatic rings. The van der Waals surface area contributed by atoms with Crippen LogP contribution < -0.4 is 19.1 Å². The third kappa shape index (κ3) is 9.22. The number of ether oxygens (including phenoxy) is 2. The zero-order valence-electron chi connectivity index (χ0n) is 25.4. The van der Waals surface area contributed by atoms with Crippen LogP contribution in [0.5, 0.6) is 11.5 Å². The molecule has 4 rings (SSSR count). The van der Waals surface area contributed by atoms with E-state index in [0.717, 1.165) is 28.3 Å². The molecule has 0 aliphatic carbocycles. The highest BCUT2D eigenvalue weighted by atomic mass is 79.9. The van der Waals surface area contributed by atoms with Gasteiger partial charge in [0.25, 0.3) is 0 Å². The maximum atomic E-state index is 14.0. The SMILES string of the molecule is CC[C@H](C)NC(=O)[C@H](Cc1ccccc1)N(Cc1ccc(Br)cc1)C(=O)CCCN(c1ccc2c(c1)OCCO2)S(C)(=O)=O. The van der Waals surface area contributed by atoms with Crippen LogP contribution in [0.25, 0.3) is 0 Å². The summed E-state index contributed by atoms with van der Waals surface area (Å²) in [5.74, 6) is 0.592. The maximum absolute atomic E-state index is 14.0. The van der Waals surface area contributed by atoms with E-state index in [4.69, 9.17) is 9.47 Å². The fourth-order valence-electron chi connectivity index (χ4n) is 4.97. The van der Waals surface area contributed by atoms with Crippen LogP contribution in [0, 0.1) is 0 Å². The molecule has 3 aromatic carbocycles. The number of nitrogens with one attached hydrogen (secondary N) is 1. The van der Waals surface area contributed by atoms with E-state index in [0.29, 0.717) is 36.8 Å². The predicted octanol–water partition coefficient (Wildman–Crippen LogP) is 5.32. The molecular weight excluding hydrogens is 646 g/mol. The molecule has 0 saturated carbocycles. The Hall–Kier alpha value is -3.57. The van der Waals surface area contributed by atoms with Gasteiger partial charge in [-0.3, -0.25) is 13.9 Å². The lowest BCUT2D eigenvalue weighted by Crippen LogP contribution is -2.52. The van der Waals surface area contributed by atoms with Gasteiger partial charge in [0, 0.05) is 42.5 Å². The number of hydrogen-bond acceptors (Lipinski definition) is 6. The molecule has 44 heavy (non-hydrogen) atoms. The summed E-state index contributed by atoms with van der Waals surface area (Å²) in [6.07, 6.45) is 2.54. The number of benzene rings is 3. The van der Waals surface area contributed by atoms with Gasteiger partial charge in [-0.1, -0.05) is 65.3 Å². The van der Waals surface area contributed by atoms with Crippen molar-refractivity contribution in [2.75, 3.05) is 30.3 Å². The third-order valence-corrected chi connectivity index (χ3v) is 9.23. The molecule has 0 unspecified atom stereocenters. The number of fused-ring (bicyclic) bond motifs is 1. The minimum absolute atomic E-state index is 0.0506. The fraction of sp³-hybridized carbons (Fsp3) is 0.394. The van der Waals surface area contributed by atoms with Crippen LogP contribution in [0.1, 0.15) is 44.2 Å². The summed E-state index contributed by atoms with van der Waals surface area (Å²) < 4.78 is 39.0. The number of halogens is 1. The Balaban J connectivity index is 1.58. The van der Waals surface area contributed by atoms with Gasteiger partial charge in [0.2, 0.25) is 21.8 Å². The summed E-state index contributed by atoms with van der Waals surface area (Å²) >= 11 is 3.46. The highest BCUT2D eigenvalue weighted by molar-refractivity contribution is 9.10. The van der Waals surface area contributed by atoms with Crippen molar-refractivity contribution in [2.45, 2.75) is 58.2 Å². The standard InChI is InChI=1S/C33H40BrN3O6S/c1-4-24(2)35-33(39)29(21-25-9-6-5-7-10-25)36(23-26-12-14-27(34)15-13-26)32(38)11-8-18-37(44(3,40)41)28-16-17-30-31(22-28)43-20-19-42-30/h5-7,9-10,12-17,22,24,29H,4,8,11,18-21,23H2,1-3H3,(H,35,39)/t24-,29-/m0/s1. The first-order chi connectivity index (χ1) is 21.0. The molecule has 0 bridgehead atoms. The topological polar surface area (TPSA) is 105 Å². The molecule has 11 heteroatoms. The van der Waals surface area contributed by atoms with Gasteiger partial charge in [-0.05, 0) is 55.2 Å². The van der Waals surface area contributed by atoms with Gasteiger partial charge in [0.15, 0.2) is 11.5 Å². The zero-order valence-corrected chi connectivity index (χ0v) is 27.8. The Morgan fingerprint density at radius 1 is 0.955 bits per heavy atom. The van der Waals surface area contributed by atoms with Crippen molar-refractivity contribution >= 4 is 43.5 Å². The van der Waals surface area contributed by atoms with Gasteiger partial charge in [-0.2, -0.15) is 0 Å². The number of hydrogen-bond donors (Lipinski definition) is 1. The predicted molar refractivity (Wildman–Crippen MR) is 175 cm³/mol. The number of nitrogens with zero attached hydrogens (tertiary/aromatic N) is 2. The maximum Gasteiger partial charge on any atom is 0.243 e. The van der Waals surface area contributed by atoms with Gasteiger partial charge in [-0.25, -0.2) is 8.42 Å². The summed E-state index contributed by atoms with van der Waals surface area (Å²) in [6.45, 7) is 5.07. The summed E-state index contributed by atoms with van der Waals surface area (Å²) in [7, 11) is -3.66. The monoisotopic (exact) mass is 685 g/mol. The highest BCUT2D eigenvalue weighted by Gasteiger charge is 2.31. The molecule has 3 aromatic rings. The molecule has 0 fully saturated rings. The van der Waals surface area contributed by atoms with Crippen LogP contribution in [0.3, 0.4) is 0 Å². The zero-order chi connectivity index (χ0) is 31.7. The lowest BCUT2D eigenvalue weighted by molar-refractivity contribution is -0.141. The Morgan fingerprint density at radius 2 is 1.64 bits per heavy atom. The number of rotatable bonds is 14. The fourth-order valence-corrected chi connectivity index (χ4v) is 6.19. The van der Waals surface area contributed by atoms with E-state index in [1.54, 1.807) is 23.1 Å². The van der Waals surface area contributed by atoms with Gasteiger partial charge >= 0.3 is 0 Å². The van der Waals surface area contributed by atoms with E-state index in [-0.39, 0.29) is 43.8 Å². The molecule has 1 N–H and O–H groups in total. The van der Waals surface area contributed by atoms with Crippen molar-refractivity contribution in [1.82, 2.24) is 10.2 Å². The van der Waals surface area contributed by atoms with Crippen LogP contribution in [0.2, 0.25) is 0 Å². The Kier molecular flexibility index (Phi) is 11.7. The van der Waals surface area contributed by atoms with Gasteiger partial charge < -0.3 is 19.7 Å². The second-order valence-corrected chi connectivity index (χ2v) is 13.8. The molecule has 1 heterocycles. The van der Waals surface area contributed by atoms with Gasteiger partial charge in [-0.15, -0.1) is 0 Å². The van der Waals surface area contributed by atoms with Crippen molar-refractivity contribution in [3.63, 3.8) is 0 Å². The van der Waals surface area contributed by atoms with E-state index in [1.165, 1.54) is 4.31 Å². The number of amides is 2. The number of carbonyl (C=O) groups is 2. The van der Waals surface area contributed by atoms with Crippen molar-refractivity contribution in [1.29, 1.82) is 0 Å². The van der Waals surface area contributed by atoms with E-state index in [2.05, 4.69) is 21.2 Å². The number of carbonyl (C=O) groups excluding carboxylic acids is 2. The summed E-state index contributed by atoms with van der Waals surface area (Å²) in [6, 6.07) is 21.5. The second kappa shape index (κ2) is 15.4. The molecule has 1 aliphatic heterocycles. The van der Waals surface area contributed by atoms with Gasteiger partial charge in [0.05, 0.1) is 11.9 Å². The molecule has 2 atom stereocenters. The van der Waals surface area contributed by atoms with Crippen LogP contribution in [-0.4, -0.2) is 63.2 Å². The number of sulfonamides is 1. The highest BCUT2D eigenvalue weighted by Crippen LogP contribution is 2.35. The Bertz CT molecular complexity index is 1520. The normalized spacial score (nSPS) is 13.9. The molecule has 0 radical (unpaired) electrons. The van der Waals surface area contributed by atoms with E-state index in [1.807, 2.05) is 68.4 Å². The van der Waals surface area contributed by atoms with Gasteiger partial charge in [0.1, 0.15) is 19.3 Å². The largest absolute Gasteiger partial charge is 0.486 e. The molecule has 9 nitrogen and oxygen atoms in total. The number of anilines is 1. The van der Waals surface area contributed by atoms with Crippen LogP contribution in [-0.2, 0) is 32.6 Å². The van der Waals surface area contributed by atoms with Crippen molar-refractivity contribution in [3.05, 3.63) is 88.4 Å². The first kappa shape index (κ1) is 33.3. The van der Waals surface area contributed by atoms with E-state index >= 15 is 0 Å². The van der Waals surface area contributed by atoms with Crippen molar-refractivity contribution in [2.24, 2.45) is 0 Å². The minimum atomic E-state index is -3.66. The van der Waals surface area contributed by atoms with Crippen molar-refractivity contribution in [3.8, 4) is 11.5 Å². The minimum Gasteiger partial charge on any atom is -0.486 e. The lowest BCUT2D eigenvalue weighted by Gasteiger charge is -2.33. The summed E-state index contributed by atoms with van der Waals surface area (Å²) in [5, 5.41) is 3.07. The Morgan fingerprint density at radius 3 is 2.30 bits per heavy atom. The quantitative estimate of drug-likeness (QED) is 0.246. The second-order valence-electron chi connectivity index (χ2n) is 10.9.